The van der Waals surface area contributed by atoms with Gasteiger partial charge in [-0.1, -0.05) is 35.1 Å². The summed E-state index contributed by atoms with van der Waals surface area (Å²) >= 11 is 7.35. The third kappa shape index (κ3) is 5.36. The highest BCUT2D eigenvalue weighted by atomic mass is 35.5. The molecule has 0 unspecified atom stereocenters. The third-order valence-corrected chi connectivity index (χ3v) is 7.70. The van der Waals surface area contributed by atoms with Crippen molar-refractivity contribution in [3.05, 3.63) is 107 Å². The molecule has 0 saturated carbocycles. The summed E-state index contributed by atoms with van der Waals surface area (Å²) in [7, 11) is 2.84. The van der Waals surface area contributed by atoms with E-state index in [1.807, 2.05) is 6.07 Å². The molecule has 4 aromatic rings. The SMILES string of the molecule is CCOC(=O)C1=C(C)N=c2s/c(=C/c3ccc(-c4cc(Cl)ccc4C(=O)OC)o3)c(=O)n2[C@@H]1c1cccc(OC)c1. The van der Waals surface area contributed by atoms with Gasteiger partial charge in [0.25, 0.3) is 5.56 Å². The predicted molar refractivity (Wildman–Crippen MR) is 154 cm³/mol. The van der Waals surface area contributed by atoms with E-state index in [0.717, 1.165) is 0 Å². The lowest BCUT2D eigenvalue weighted by molar-refractivity contribution is -0.139. The average Bonchev–Trinajstić information content (AvgIpc) is 3.56. The molecule has 210 valence electrons. The number of carbonyl (C=O) groups is 2. The first kappa shape index (κ1) is 28.1. The molecule has 0 radical (unpaired) electrons. The quantitative estimate of drug-likeness (QED) is 0.291. The standard InChI is InChI=1S/C30H25ClN2O7S/c1-5-39-29(36)25-16(2)32-30-33(26(25)17-7-6-8-19(13-17)37-3)27(34)24(41-30)15-20-10-12-23(40-20)22-14-18(31)9-11-21(22)28(35)38-4/h6-15,26H,5H2,1-4H3/b24-15+/t26-/m1/s1. The van der Waals surface area contributed by atoms with E-state index in [4.69, 9.17) is 30.2 Å². The molecule has 0 spiro atoms. The smallest absolute Gasteiger partial charge is 0.338 e. The number of carbonyl (C=O) groups excluding carboxylic acids is 2. The Morgan fingerprint density at radius 1 is 1.12 bits per heavy atom. The number of halogens is 1. The minimum Gasteiger partial charge on any atom is -0.497 e. The van der Waals surface area contributed by atoms with E-state index in [1.165, 1.54) is 23.0 Å². The van der Waals surface area contributed by atoms with Crippen LogP contribution < -0.4 is 19.6 Å². The number of fused-ring (bicyclic) bond motifs is 1. The van der Waals surface area contributed by atoms with Crippen molar-refractivity contribution in [2.24, 2.45) is 4.99 Å². The van der Waals surface area contributed by atoms with E-state index >= 15 is 0 Å². The lowest BCUT2D eigenvalue weighted by Gasteiger charge is -2.24. The molecule has 1 atom stereocenters. The Morgan fingerprint density at radius 3 is 2.66 bits per heavy atom. The molecule has 0 amide bonds. The fourth-order valence-electron chi connectivity index (χ4n) is 4.63. The zero-order valence-electron chi connectivity index (χ0n) is 22.6. The molecule has 1 aliphatic heterocycles. The lowest BCUT2D eigenvalue weighted by atomic mass is 9.95. The number of ether oxygens (including phenoxy) is 3. The molecule has 0 N–H and O–H groups in total. The van der Waals surface area contributed by atoms with Crippen molar-refractivity contribution < 1.29 is 28.2 Å². The van der Waals surface area contributed by atoms with Gasteiger partial charge < -0.3 is 18.6 Å². The van der Waals surface area contributed by atoms with Gasteiger partial charge in [0.2, 0.25) is 0 Å². The van der Waals surface area contributed by atoms with E-state index in [1.54, 1.807) is 75.6 Å². The zero-order chi connectivity index (χ0) is 29.3. The zero-order valence-corrected chi connectivity index (χ0v) is 24.2. The predicted octanol–water partition coefficient (Wildman–Crippen LogP) is 4.51. The lowest BCUT2D eigenvalue weighted by Crippen LogP contribution is -2.39. The molecule has 0 aliphatic carbocycles. The maximum absolute atomic E-state index is 13.8. The molecule has 2 aromatic heterocycles. The van der Waals surface area contributed by atoms with Gasteiger partial charge in [-0.25, -0.2) is 14.6 Å². The molecule has 11 heteroatoms. The maximum atomic E-state index is 13.8. The maximum Gasteiger partial charge on any atom is 0.338 e. The van der Waals surface area contributed by atoms with Gasteiger partial charge in [0.1, 0.15) is 17.3 Å². The van der Waals surface area contributed by atoms with E-state index in [0.29, 0.717) is 48.5 Å². The number of hydrogen-bond acceptors (Lipinski definition) is 9. The molecule has 0 bridgehead atoms. The monoisotopic (exact) mass is 592 g/mol. The van der Waals surface area contributed by atoms with Crippen LogP contribution in [0.5, 0.6) is 5.75 Å². The van der Waals surface area contributed by atoms with Crippen LogP contribution in [0, 0.1) is 0 Å². The topological polar surface area (TPSA) is 109 Å². The molecule has 9 nitrogen and oxygen atoms in total. The van der Waals surface area contributed by atoms with Crippen LogP contribution in [0.1, 0.15) is 41.6 Å². The van der Waals surface area contributed by atoms with Crippen LogP contribution in [0.15, 0.2) is 80.1 Å². The number of hydrogen-bond donors (Lipinski definition) is 0. The molecule has 0 fully saturated rings. The van der Waals surface area contributed by atoms with Crippen LogP contribution in [0.25, 0.3) is 17.4 Å². The molecular formula is C30H25ClN2O7S. The van der Waals surface area contributed by atoms with Crippen molar-refractivity contribution in [1.82, 2.24) is 4.57 Å². The van der Waals surface area contributed by atoms with Crippen LogP contribution in [0.3, 0.4) is 0 Å². The average molecular weight is 593 g/mol. The number of aromatic nitrogens is 1. The largest absolute Gasteiger partial charge is 0.497 e. The van der Waals surface area contributed by atoms with Crippen molar-refractivity contribution >= 4 is 41.0 Å². The highest BCUT2D eigenvalue weighted by Crippen LogP contribution is 2.33. The number of nitrogens with zero attached hydrogens (tertiary/aromatic N) is 2. The fraction of sp³-hybridized carbons (Fsp3) is 0.200. The molecule has 2 aromatic carbocycles. The fourth-order valence-corrected chi connectivity index (χ4v) is 5.83. The van der Waals surface area contributed by atoms with Crippen LogP contribution in [-0.4, -0.2) is 37.3 Å². The summed E-state index contributed by atoms with van der Waals surface area (Å²) in [4.78, 5) is 44.2. The Hall–Kier alpha value is -4.41. The number of allylic oxidation sites excluding steroid dienone is 1. The molecule has 5 rings (SSSR count). The van der Waals surface area contributed by atoms with Gasteiger partial charge in [-0.2, -0.15) is 0 Å². The van der Waals surface area contributed by atoms with E-state index in [2.05, 4.69) is 4.99 Å². The van der Waals surface area contributed by atoms with Crippen molar-refractivity contribution in [3.8, 4) is 17.1 Å². The Kier molecular flexibility index (Phi) is 7.96. The Labute approximate surface area is 243 Å². The first-order chi connectivity index (χ1) is 19.7. The molecule has 3 heterocycles. The minimum atomic E-state index is -0.774. The van der Waals surface area contributed by atoms with Crippen molar-refractivity contribution in [3.63, 3.8) is 0 Å². The second-order valence-corrected chi connectivity index (χ2v) is 10.4. The van der Waals surface area contributed by atoms with Gasteiger partial charge in [-0.15, -0.1) is 0 Å². The first-order valence-corrected chi connectivity index (χ1v) is 13.8. The Bertz CT molecular complexity index is 1880. The number of furan rings is 1. The minimum absolute atomic E-state index is 0.177. The van der Waals surface area contributed by atoms with Gasteiger partial charge in [-0.3, -0.25) is 9.36 Å². The van der Waals surface area contributed by atoms with E-state index in [-0.39, 0.29) is 23.3 Å². The number of methoxy groups -OCH3 is 2. The molecule has 1 aliphatic rings. The van der Waals surface area contributed by atoms with E-state index in [9.17, 15) is 14.4 Å². The summed E-state index contributed by atoms with van der Waals surface area (Å²) in [5.41, 5.74) is 1.80. The van der Waals surface area contributed by atoms with Crippen LogP contribution in [-0.2, 0) is 14.3 Å². The van der Waals surface area contributed by atoms with Crippen LogP contribution in [0.4, 0.5) is 0 Å². The highest BCUT2D eigenvalue weighted by molar-refractivity contribution is 7.07. The van der Waals surface area contributed by atoms with Crippen molar-refractivity contribution in [2.75, 3.05) is 20.8 Å². The number of rotatable bonds is 7. The number of esters is 2. The third-order valence-electron chi connectivity index (χ3n) is 6.48. The van der Waals surface area contributed by atoms with Gasteiger partial charge in [0.05, 0.1) is 48.2 Å². The summed E-state index contributed by atoms with van der Waals surface area (Å²) in [6, 6.07) is 14.5. The summed E-state index contributed by atoms with van der Waals surface area (Å²) in [5, 5.41) is 0.421. The Morgan fingerprint density at radius 2 is 1.93 bits per heavy atom. The summed E-state index contributed by atoms with van der Waals surface area (Å²) < 4.78 is 23.5. The first-order valence-electron chi connectivity index (χ1n) is 12.6. The second-order valence-electron chi connectivity index (χ2n) is 8.96. The normalized spacial score (nSPS) is 14.9. The summed E-state index contributed by atoms with van der Waals surface area (Å²) in [6.07, 6.45) is 1.60. The van der Waals surface area contributed by atoms with Crippen molar-refractivity contribution in [2.45, 2.75) is 19.9 Å². The van der Waals surface area contributed by atoms with Gasteiger partial charge in [0.15, 0.2) is 4.80 Å². The summed E-state index contributed by atoms with van der Waals surface area (Å²) in [6.45, 7) is 3.62. The number of thiazole rings is 1. The number of benzene rings is 2. The highest BCUT2D eigenvalue weighted by Gasteiger charge is 2.33. The molecule has 0 saturated heterocycles. The van der Waals surface area contributed by atoms with Crippen LogP contribution >= 0.6 is 22.9 Å². The van der Waals surface area contributed by atoms with Crippen LogP contribution in [0.2, 0.25) is 5.02 Å². The summed E-state index contributed by atoms with van der Waals surface area (Å²) in [5.74, 6) is 0.252. The van der Waals surface area contributed by atoms with Gasteiger partial charge >= 0.3 is 11.9 Å². The second kappa shape index (κ2) is 11.6. The molecular weight excluding hydrogens is 568 g/mol. The Balaban J connectivity index is 1.64. The van der Waals surface area contributed by atoms with E-state index < -0.39 is 18.0 Å². The van der Waals surface area contributed by atoms with Gasteiger partial charge in [0, 0.05) is 16.7 Å². The van der Waals surface area contributed by atoms with Crippen molar-refractivity contribution in [1.29, 1.82) is 0 Å². The molecule has 41 heavy (non-hydrogen) atoms. The van der Waals surface area contributed by atoms with Gasteiger partial charge in [-0.05, 0) is 61.9 Å².